The van der Waals surface area contributed by atoms with Gasteiger partial charge in [-0.25, -0.2) is 0 Å². The first kappa shape index (κ1) is 12.1. The van der Waals surface area contributed by atoms with Crippen LogP contribution in [0, 0.1) is 6.92 Å². The number of rotatable bonds is 5. The van der Waals surface area contributed by atoms with Gasteiger partial charge in [-0.1, -0.05) is 17.7 Å². The predicted octanol–water partition coefficient (Wildman–Crippen LogP) is 3.40. The highest BCUT2D eigenvalue weighted by molar-refractivity contribution is 6.30. The third-order valence-electron chi connectivity index (χ3n) is 2.08. The second-order valence-corrected chi connectivity index (χ2v) is 4.00. The van der Waals surface area contributed by atoms with E-state index in [4.69, 9.17) is 16.3 Å². The topological polar surface area (TPSA) is 26.3 Å². The molecule has 0 aliphatic heterocycles. The van der Waals surface area contributed by atoms with Crippen molar-refractivity contribution < 1.29 is 9.53 Å². The minimum atomic E-state index is 0.196. The number of benzene rings is 1. The molecule has 1 aromatic rings. The Balaban J connectivity index is 2.43. The third-order valence-corrected chi connectivity index (χ3v) is 2.32. The van der Waals surface area contributed by atoms with Crippen molar-refractivity contribution in [3.05, 3.63) is 28.8 Å². The number of ketones is 1. The van der Waals surface area contributed by atoms with E-state index in [2.05, 4.69) is 0 Å². The van der Waals surface area contributed by atoms with Crippen molar-refractivity contribution >= 4 is 17.4 Å². The summed E-state index contributed by atoms with van der Waals surface area (Å²) in [6.07, 6.45) is 1.32. The van der Waals surface area contributed by atoms with Crippen LogP contribution >= 0.6 is 11.6 Å². The Bertz CT molecular complexity index is 347. The summed E-state index contributed by atoms with van der Waals surface area (Å²) >= 11 is 5.85. The molecule has 0 unspecified atom stereocenters. The Morgan fingerprint density at radius 3 is 2.87 bits per heavy atom. The molecular formula is C12H15ClO2. The number of hydrogen-bond donors (Lipinski definition) is 0. The van der Waals surface area contributed by atoms with Gasteiger partial charge in [-0.05, 0) is 38.0 Å². The Labute approximate surface area is 95.2 Å². The molecular weight excluding hydrogens is 212 g/mol. The smallest absolute Gasteiger partial charge is 0.129 e. The van der Waals surface area contributed by atoms with Gasteiger partial charge in [0, 0.05) is 11.4 Å². The van der Waals surface area contributed by atoms with Crippen molar-refractivity contribution in [2.45, 2.75) is 26.7 Å². The lowest BCUT2D eigenvalue weighted by molar-refractivity contribution is -0.117. The highest BCUT2D eigenvalue weighted by atomic mass is 35.5. The molecule has 0 aliphatic carbocycles. The molecule has 0 saturated carbocycles. The highest BCUT2D eigenvalue weighted by Crippen LogP contribution is 2.22. The molecule has 0 aromatic heterocycles. The van der Waals surface area contributed by atoms with Gasteiger partial charge in [0.05, 0.1) is 6.61 Å². The van der Waals surface area contributed by atoms with Crippen molar-refractivity contribution in [3.63, 3.8) is 0 Å². The second kappa shape index (κ2) is 5.76. The third kappa shape index (κ3) is 4.34. The Morgan fingerprint density at radius 2 is 2.20 bits per heavy atom. The van der Waals surface area contributed by atoms with Crippen LogP contribution < -0.4 is 4.74 Å². The summed E-state index contributed by atoms with van der Waals surface area (Å²) in [6, 6.07) is 5.55. The van der Waals surface area contributed by atoms with E-state index in [1.165, 1.54) is 0 Å². The monoisotopic (exact) mass is 226 g/mol. The molecule has 2 nitrogen and oxygen atoms in total. The molecule has 0 bridgehead atoms. The van der Waals surface area contributed by atoms with Gasteiger partial charge < -0.3 is 9.53 Å². The first-order valence-corrected chi connectivity index (χ1v) is 5.36. The first-order chi connectivity index (χ1) is 7.09. The molecule has 1 rings (SSSR count). The standard InChI is InChI=1S/C12H15ClO2/c1-9-5-6-11(13)8-12(9)15-7-3-4-10(2)14/h5-6,8H,3-4,7H2,1-2H3. The maximum absolute atomic E-state index is 10.7. The van der Waals surface area contributed by atoms with Gasteiger partial charge in [0.2, 0.25) is 0 Å². The van der Waals surface area contributed by atoms with Crippen molar-refractivity contribution in [2.75, 3.05) is 6.61 Å². The van der Waals surface area contributed by atoms with Crippen molar-refractivity contribution in [2.24, 2.45) is 0 Å². The van der Waals surface area contributed by atoms with Crippen LogP contribution in [0.3, 0.4) is 0 Å². The van der Waals surface area contributed by atoms with Crippen LogP contribution in [0.2, 0.25) is 5.02 Å². The molecule has 15 heavy (non-hydrogen) atoms. The Hall–Kier alpha value is -1.02. The van der Waals surface area contributed by atoms with Gasteiger partial charge in [0.15, 0.2) is 0 Å². The molecule has 0 radical (unpaired) electrons. The predicted molar refractivity (Wildman–Crippen MR) is 61.6 cm³/mol. The molecule has 1 aromatic carbocycles. The lowest BCUT2D eigenvalue weighted by atomic mass is 10.2. The fourth-order valence-corrected chi connectivity index (χ4v) is 1.39. The number of halogens is 1. The van der Waals surface area contributed by atoms with Gasteiger partial charge in [-0.15, -0.1) is 0 Å². The molecule has 0 saturated heterocycles. The maximum Gasteiger partial charge on any atom is 0.129 e. The van der Waals surface area contributed by atoms with E-state index in [9.17, 15) is 4.79 Å². The Morgan fingerprint density at radius 1 is 1.47 bits per heavy atom. The quantitative estimate of drug-likeness (QED) is 0.720. The highest BCUT2D eigenvalue weighted by Gasteiger charge is 2.00. The molecule has 0 fully saturated rings. The zero-order valence-corrected chi connectivity index (χ0v) is 9.80. The second-order valence-electron chi connectivity index (χ2n) is 3.56. The van der Waals surface area contributed by atoms with E-state index in [1.54, 1.807) is 13.0 Å². The number of aryl methyl sites for hydroxylation is 1. The van der Waals surface area contributed by atoms with Crippen molar-refractivity contribution in [3.8, 4) is 5.75 Å². The number of ether oxygens (including phenoxy) is 1. The minimum absolute atomic E-state index is 0.196. The van der Waals surface area contributed by atoms with Crippen LogP contribution in [-0.4, -0.2) is 12.4 Å². The maximum atomic E-state index is 10.7. The zero-order chi connectivity index (χ0) is 11.3. The van der Waals surface area contributed by atoms with E-state index >= 15 is 0 Å². The average Bonchev–Trinajstić information content (AvgIpc) is 2.17. The molecule has 0 spiro atoms. The number of hydrogen-bond acceptors (Lipinski definition) is 2. The summed E-state index contributed by atoms with van der Waals surface area (Å²) in [6.45, 7) is 4.11. The normalized spacial score (nSPS) is 10.1. The van der Waals surface area contributed by atoms with E-state index in [1.807, 2.05) is 19.1 Å². The molecule has 0 heterocycles. The van der Waals surface area contributed by atoms with E-state index < -0.39 is 0 Å². The van der Waals surface area contributed by atoms with Gasteiger partial charge in [0.25, 0.3) is 0 Å². The van der Waals surface area contributed by atoms with E-state index in [-0.39, 0.29) is 5.78 Å². The van der Waals surface area contributed by atoms with E-state index in [0.717, 1.165) is 17.7 Å². The van der Waals surface area contributed by atoms with Gasteiger partial charge in [-0.2, -0.15) is 0 Å². The Kier molecular flexibility index (Phi) is 4.63. The summed E-state index contributed by atoms with van der Waals surface area (Å²) in [5.74, 6) is 0.993. The molecule has 0 N–H and O–H groups in total. The van der Waals surface area contributed by atoms with Crippen LogP contribution in [-0.2, 0) is 4.79 Å². The summed E-state index contributed by atoms with van der Waals surface area (Å²) < 4.78 is 5.53. The van der Waals surface area contributed by atoms with E-state index in [0.29, 0.717) is 18.1 Å². The molecule has 0 atom stereocenters. The molecule has 0 aliphatic rings. The van der Waals surface area contributed by atoms with Crippen molar-refractivity contribution in [1.82, 2.24) is 0 Å². The summed E-state index contributed by atoms with van der Waals surface area (Å²) in [5.41, 5.74) is 1.06. The van der Waals surface area contributed by atoms with Crippen LogP contribution in [0.15, 0.2) is 18.2 Å². The van der Waals surface area contributed by atoms with Crippen LogP contribution in [0.4, 0.5) is 0 Å². The summed E-state index contributed by atoms with van der Waals surface area (Å²) in [4.78, 5) is 10.7. The summed E-state index contributed by atoms with van der Waals surface area (Å²) in [5, 5.41) is 0.669. The van der Waals surface area contributed by atoms with Gasteiger partial charge >= 0.3 is 0 Å². The number of carbonyl (C=O) groups is 1. The van der Waals surface area contributed by atoms with Gasteiger partial charge in [-0.3, -0.25) is 0 Å². The fourth-order valence-electron chi connectivity index (χ4n) is 1.23. The summed E-state index contributed by atoms with van der Waals surface area (Å²) in [7, 11) is 0. The SMILES string of the molecule is CC(=O)CCCOc1cc(Cl)ccc1C. The lowest BCUT2D eigenvalue weighted by Crippen LogP contribution is -2.01. The minimum Gasteiger partial charge on any atom is -0.493 e. The average molecular weight is 227 g/mol. The molecule has 3 heteroatoms. The van der Waals surface area contributed by atoms with Crippen molar-refractivity contribution in [1.29, 1.82) is 0 Å². The fraction of sp³-hybridized carbons (Fsp3) is 0.417. The number of carbonyl (C=O) groups excluding carboxylic acids is 1. The molecule has 0 amide bonds. The van der Waals surface area contributed by atoms with Crippen LogP contribution in [0.5, 0.6) is 5.75 Å². The lowest BCUT2D eigenvalue weighted by Gasteiger charge is -2.08. The first-order valence-electron chi connectivity index (χ1n) is 4.98. The largest absolute Gasteiger partial charge is 0.493 e. The zero-order valence-electron chi connectivity index (χ0n) is 9.05. The van der Waals surface area contributed by atoms with Crippen LogP contribution in [0.25, 0.3) is 0 Å². The molecule has 82 valence electrons. The van der Waals surface area contributed by atoms with Gasteiger partial charge in [0.1, 0.15) is 11.5 Å². The number of Topliss-reactive ketones (excluding diaryl/α,β-unsaturated/α-hetero) is 1. The van der Waals surface area contributed by atoms with Crippen LogP contribution in [0.1, 0.15) is 25.3 Å².